The van der Waals surface area contributed by atoms with Gasteiger partial charge in [-0.3, -0.25) is 0 Å². The molecule has 5 heteroatoms. The van der Waals surface area contributed by atoms with Crippen molar-refractivity contribution in [3.05, 3.63) is 12.4 Å². The minimum absolute atomic E-state index is 0.163. The number of aromatic nitrogens is 2. The van der Waals surface area contributed by atoms with Gasteiger partial charge in [0.2, 0.25) is 5.95 Å². The Morgan fingerprint density at radius 1 is 0.880 bits per heavy atom. The van der Waals surface area contributed by atoms with Crippen molar-refractivity contribution in [3.63, 3.8) is 0 Å². The van der Waals surface area contributed by atoms with Gasteiger partial charge in [0.15, 0.2) is 5.75 Å². The zero-order valence-corrected chi connectivity index (χ0v) is 17.9. The molecule has 0 saturated carbocycles. The first kappa shape index (κ1) is 23.6. The van der Waals surface area contributed by atoms with Gasteiger partial charge in [0, 0.05) is 26.2 Å². The number of hydrogen-bond acceptors (Lipinski definition) is 5. The second-order valence-electron chi connectivity index (χ2n) is 6.03. The molecule has 2 aliphatic heterocycles. The second-order valence-corrected chi connectivity index (χ2v) is 6.03. The van der Waals surface area contributed by atoms with Gasteiger partial charge in [0.25, 0.3) is 0 Å². The van der Waals surface area contributed by atoms with Crippen molar-refractivity contribution >= 4 is 5.95 Å². The fraction of sp³-hybridized carbons (Fsp3) is 0.800. The highest BCUT2D eigenvalue weighted by molar-refractivity contribution is 5.34. The summed E-state index contributed by atoms with van der Waals surface area (Å²) in [6.07, 6.45) is 3.72. The Morgan fingerprint density at radius 2 is 1.32 bits per heavy atom. The standard InChI is InChI=1S/C14H22N4O.3C2H6/c1-10(2)19-13-4-15-14(16-5-13)18-8-11-6-17(3)7-12(11)9-18;3*1-2/h4-5,10-12H,6-9H2,1-3H3;3*1-2H3/t11-,12+;;;. The Hall–Kier alpha value is -1.36. The quantitative estimate of drug-likeness (QED) is 0.809. The third-order valence-electron chi connectivity index (χ3n) is 3.94. The van der Waals surface area contributed by atoms with Crippen LogP contribution in [-0.2, 0) is 0 Å². The van der Waals surface area contributed by atoms with Gasteiger partial charge in [-0.2, -0.15) is 0 Å². The first-order valence-electron chi connectivity index (χ1n) is 10.0. The van der Waals surface area contributed by atoms with Crippen LogP contribution in [0, 0.1) is 11.8 Å². The summed E-state index contributed by atoms with van der Waals surface area (Å²) in [5.41, 5.74) is 0. The number of likely N-dealkylation sites (tertiary alicyclic amines) is 1. The van der Waals surface area contributed by atoms with Crippen LogP contribution in [0.15, 0.2) is 12.4 Å². The Morgan fingerprint density at radius 3 is 1.72 bits per heavy atom. The Balaban J connectivity index is 0.000000871. The highest BCUT2D eigenvalue weighted by Crippen LogP contribution is 2.31. The molecule has 0 aromatic carbocycles. The van der Waals surface area contributed by atoms with E-state index in [0.717, 1.165) is 36.6 Å². The van der Waals surface area contributed by atoms with Crippen LogP contribution < -0.4 is 9.64 Å². The summed E-state index contributed by atoms with van der Waals surface area (Å²) in [4.78, 5) is 13.6. The molecule has 5 nitrogen and oxygen atoms in total. The van der Waals surface area contributed by atoms with Crippen LogP contribution in [0.5, 0.6) is 5.75 Å². The summed E-state index contributed by atoms with van der Waals surface area (Å²) in [6.45, 7) is 20.6. The van der Waals surface area contributed by atoms with Gasteiger partial charge >= 0.3 is 0 Å². The van der Waals surface area contributed by atoms with Crippen LogP contribution in [0.3, 0.4) is 0 Å². The van der Waals surface area contributed by atoms with E-state index in [9.17, 15) is 0 Å². The average Bonchev–Trinajstić information content (AvgIpc) is 3.18. The zero-order chi connectivity index (χ0) is 19.4. The maximum absolute atomic E-state index is 5.57. The Kier molecular flexibility index (Phi) is 12.2. The van der Waals surface area contributed by atoms with E-state index in [4.69, 9.17) is 4.74 Å². The lowest BCUT2D eigenvalue weighted by molar-refractivity contribution is 0.240. The van der Waals surface area contributed by atoms with Crippen LogP contribution in [-0.4, -0.2) is 54.2 Å². The van der Waals surface area contributed by atoms with Gasteiger partial charge < -0.3 is 14.5 Å². The number of anilines is 1. The van der Waals surface area contributed by atoms with Crippen LogP contribution in [0.25, 0.3) is 0 Å². The molecule has 0 spiro atoms. The van der Waals surface area contributed by atoms with Crippen LogP contribution >= 0.6 is 0 Å². The number of nitrogens with zero attached hydrogens (tertiary/aromatic N) is 4. The predicted octanol–water partition coefficient (Wildman–Crippen LogP) is 4.34. The van der Waals surface area contributed by atoms with E-state index < -0.39 is 0 Å². The Bertz CT molecular complexity index is 422. The summed E-state index contributed by atoms with van der Waals surface area (Å²) in [6, 6.07) is 0. The van der Waals surface area contributed by atoms with E-state index in [2.05, 4.69) is 26.8 Å². The molecule has 0 amide bonds. The van der Waals surface area contributed by atoms with Crippen LogP contribution in [0.2, 0.25) is 0 Å². The average molecular weight is 353 g/mol. The Labute approximate surface area is 155 Å². The van der Waals surface area contributed by atoms with E-state index in [1.807, 2.05) is 55.4 Å². The van der Waals surface area contributed by atoms with Gasteiger partial charge in [-0.25, -0.2) is 9.97 Å². The molecule has 0 bridgehead atoms. The molecule has 2 fully saturated rings. The van der Waals surface area contributed by atoms with Gasteiger partial charge in [-0.05, 0) is 32.7 Å². The fourth-order valence-corrected chi connectivity index (χ4v) is 3.20. The fourth-order valence-electron chi connectivity index (χ4n) is 3.20. The monoisotopic (exact) mass is 352 g/mol. The topological polar surface area (TPSA) is 41.5 Å². The third-order valence-corrected chi connectivity index (χ3v) is 3.94. The van der Waals surface area contributed by atoms with Gasteiger partial charge in [-0.1, -0.05) is 41.5 Å². The first-order chi connectivity index (χ1) is 12.1. The molecule has 3 heterocycles. The van der Waals surface area contributed by atoms with Crippen molar-refractivity contribution < 1.29 is 4.74 Å². The van der Waals surface area contributed by atoms with Gasteiger partial charge in [0.1, 0.15) is 0 Å². The molecular formula is C20H40N4O. The summed E-state index contributed by atoms with van der Waals surface area (Å²) in [7, 11) is 2.21. The van der Waals surface area contributed by atoms with E-state index >= 15 is 0 Å². The van der Waals surface area contributed by atoms with Crippen molar-refractivity contribution in [2.24, 2.45) is 11.8 Å². The molecule has 1 aromatic rings. The van der Waals surface area contributed by atoms with E-state index in [1.165, 1.54) is 13.1 Å². The number of ether oxygens (including phenoxy) is 1. The van der Waals surface area contributed by atoms with Crippen molar-refractivity contribution in [1.82, 2.24) is 14.9 Å². The molecule has 0 N–H and O–H groups in total. The van der Waals surface area contributed by atoms with E-state index in [1.54, 1.807) is 12.4 Å². The van der Waals surface area contributed by atoms with E-state index in [0.29, 0.717) is 0 Å². The van der Waals surface area contributed by atoms with Crippen molar-refractivity contribution in [2.45, 2.75) is 61.5 Å². The maximum atomic E-state index is 5.57. The minimum atomic E-state index is 0.163. The van der Waals surface area contributed by atoms with E-state index in [-0.39, 0.29) is 6.10 Å². The smallest absolute Gasteiger partial charge is 0.225 e. The van der Waals surface area contributed by atoms with Crippen molar-refractivity contribution in [3.8, 4) is 5.75 Å². The molecule has 2 atom stereocenters. The molecule has 25 heavy (non-hydrogen) atoms. The summed E-state index contributed by atoms with van der Waals surface area (Å²) in [5, 5.41) is 0. The molecule has 0 aliphatic carbocycles. The van der Waals surface area contributed by atoms with Crippen LogP contribution in [0.1, 0.15) is 55.4 Å². The SMILES string of the molecule is CC.CC.CC.CC(C)Oc1cnc(N2C[C@H]3CN(C)C[C@H]3C2)nc1. The molecular weight excluding hydrogens is 312 g/mol. The maximum Gasteiger partial charge on any atom is 0.225 e. The van der Waals surface area contributed by atoms with Crippen molar-refractivity contribution in [1.29, 1.82) is 0 Å². The molecule has 0 radical (unpaired) electrons. The summed E-state index contributed by atoms with van der Waals surface area (Å²) < 4.78 is 5.57. The summed E-state index contributed by atoms with van der Waals surface area (Å²) >= 11 is 0. The highest BCUT2D eigenvalue weighted by atomic mass is 16.5. The minimum Gasteiger partial charge on any atom is -0.488 e. The van der Waals surface area contributed by atoms with Crippen molar-refractivity contribution in [2.75, 3.05) is 38.1 Å². The molecule has 3 rings (SSSR count). The molecule has 2 aliphatic rings. The number of hydrogen-bond donors (Lipinski definition) is 0. The van der Waals surface area contributed by atoms with Crippen LogP contribution in [0.4, 0.5) is 5.95 Å². The largest absolute Gasteiger partial charge is 0.488 e. The predicted molar refractivity (Wildman–Crippen MR) is 109 cm³/mol. The molecule has 0 unspecified atom stereocenters. The normalized spacial score (nSPS) is 21.3. The molecule has 146 valence electrons. The lowest BCUT2D eigenvalue weighted by Crippen LogP contribution is -2.27. The molecule has 1 aromatic heterocycles. The van der Waals surface area contributed by atoms with Gasteiger partial charge in [-0.15, -0.1) is 0 Å². The number of rotatable bonds is 3. The third kappa shape index (κ3) is 7.18. The molecule has 2 saturated heterocycles. The highest BCUT2D eigenvalue weighted by Gasteiger charge is 2.39. The lowest BCUT2D eigenvalue weighted by atomic mass is 10.0. The lowest BCUT2D eigenvalue weighted by Gasteiger charge is -2.19. The summed E-state index contributed by atoms with van der Waals surface area (Å²) in [5.74, 6) is 3.14. The second kappa shape index (κ2) is 12.9. The zero-order valence-electron chi connectivity index (χ0n) is 17.9. The first-order valence-corrected chi connectivity index (χ1v) is 10.0. The number of fused-ring (bicyclic) bond motifs is 1. The van der Waals surface area contributed by atoms with Gasteiger partial charge in [0.05, 0.1) is 18.5 Å².